The molecule has 0 aromatic heterocycles. The molecule has 0 saturated carbocycles. The number of thiocarbonyl (C=S) groups is 1. The van der Waals surface area contributed by atoms with Gasteiger partial charge in [0.2, 0.25) is 0 Å². The van der Waals surface area contributed by atoms with Crippen LogP contribution in [0, 0.1) is 0 Å². The monoisotopic (exact) mass is 383 g/mol. The molecule has 1 aliphatic heterocycles. The Kier molecular flexibility index (Phi) is 5.27. The van der Waals surface area contributed by atoms with E-state index in [1.54, 1.807) is 6.08 Å². The predicted molar refractivity (Wildman–Crippen MR) is 116 cm³/mol. The molecular formula is C22H25NOS2. The molecule has 1 fully saturated rings. The summed E-state index contributed by atoms with van der Waals surface area (Å²) in [5, 5.41) is 2.61. The van der Waals surface area contributed by atoms with Gasteiger partial charge in [0.05, 0.1) is 4.91 Å². The molecule has 136 valence electrons. The first-order chi connectivity index (χ1) is 12.2. The quantitative estimate of drug-likeness (QED) is 0.416. The Hall–Kier alpha value is -1.65. The van der Waals surface area contributed by atoms with Crippen molar-refractivity contribution in [3.63, 3.8) is 0 Å². The van der Waals surface area contributed by atoms with Crippen molar-refractivity contribution in [2.45, 2.75) is 51.4 Å². The van der Waals surface area contributed by atoms with E-state index in [2.05, 4.69) is 57.3 Å². The predicted octanol–water partition coefficient (Wildman–Crippen LogP) is 5.64. The highest BCUT2D eigenvalue weighted by molar-refractivity contribution is 8.26. The molecule has 0 atom stereocenters. The van der Waals surface area contributed by atoms with Gasteiger partial charge >= 0.3 is 0 Å². The number of amides is 1. The molecule has 1 N–H and O–H groups in total. The zero-order chi connectivity index (χ0) is 18.9. The summed E-state index contributed by atoms with van der Waals surface area (Å²) in [6, 6.07) is 6.82. The van der Waals surface area contributed by atoms with E-state index in [0.717, 1.165) is 0 Å². The lowest BCUT2D eigenvalue weighted by Crippen LogP contribution is -2.33. The standard InChI is InChI=1S/C22H25NOS2/c1-21(2)12-13-22(3,4)17-14-15(10-11-16(17)21)8-6-5-7-9-18-19(24)23-20(25)26-18/h5-11,14H,12-13H2,1-4H3,(H,23,24,25)/b7-5+,8-6+,18-9-. The smallest absolute Gasteiger partial charge is 0.263 e. The molecule has 0 unspecified atom stereocenters. The van der Waals surface area contributed by atoms with Crippen LogP contribution in [0.3, 0.4) is 0 Å². The number of fused-ring (bicyclic) bond motifs is 1. The molecular weight excluding hydrogens is 358 g/mol. The zero-order valence-electron chi connectivity index (χ0n) is 15.8. The number of hydrogen-bond donors (Lipinski definition) is 1. The highest BCUT2D eigenvalue weighted by Crippen LogP contribution is 2.45. The normalized spacial score (nSPS) is 23.0. The van der Waals surface area contributed by atoms with Crippen molar-refractivity contribution < 1.29 is 4.79 Å². The Morgan fingerprint density at radius 1 is 1.04 bits per heavy atom. The van der Waals surface area contributed by atoms with Crippen LogP contribution in [0.1, 0.15) is 57.2 Å². The Morgan fingerprint density at radius 2 is 1.73 bits per heavy atom. The van der Waals surface area contributed by atoms with Crippen LogP contribution in [0.25, 0.3) is 6.08 Å². The third kappa shape index (κ3) is 4.02. The second-order valence-electron chi connectivity index (χ2n) is 8.19. The van der Waals surface area contributed by atoms with Crippen LogP contribution in [0.2, 0.25) is 0 Å². The van der Waals surface area contributed by atoms with Crippen molar-refractivity contribution in [2.24, 2.45) is 0 Å². The molecule has 2 nitrogen and oxygen atoms in total. The van der Waals surface area contributed by atoms with E-state index in [-0.39, 0.29) is 16.7 Å². The first kappa shape index (κ1) is 19.1. The average molecular weight is 384 g/mol. The van der Waals surface area contributed by atoms with Gasteiger partial charge < -0.3 is 5.32 Å². The topological polar surface area (TPSA) is 29.1 Å². The van der Waals surface area contributed by atoms with E-state index in [4.69, 9.17) is 12.2 Å². The molecule has 1 aromatic carbocycles. The van der Waals surface area contributed by atoms with Crippen molar-refractivity contribution in [3.05, 3.63) is 64.1 Å². The maximum atomic E-state index is 11.6. The minimum Gasteiger partial charge on any atom is -0.307 e. The zero-order valence-corrected chi connectivity index (χ0v) is 17.4. The van der Waals surface area contributed by atoms with Crippen molar-refractivity contribution in [3.8, 4) is 0 Å². The molecule has 0 spiro atoms. The second-order valence-corrected chi connectivity index (χ2v) is 9.91. The van der Waals surface area contributed by atoms with Gasteiger partial charge in [0.25, 0.3) is 5.91 Å². The number of benzene rings is 1. The van der Waals surface area contributed by atoms with Gasteiger partial charge in [-0.15, -0.1) is 0 Å². The summed E-state index contributed by atoms with van der Waals surface area (Å²) in [4.78, 5) is 12.2. The number of carbonyl (C=O) groups excluding carboxylic acids is 1. The van der Waals surface area contributed by atoms with E-state index >= 15 is 0 Å². The summed E-state index contributed by atoms with van der Waals surface area (Å²) >= 11 is 6.27. The molecule has 4 heteroatoms. The van der Waals surface area contributed by atoms with Gasteiger partial charge in [0.15, 0.2) is 0 Å². The lowest BCUT2D eigenvalue weighted by molar-refractivity contribution is -0.115. The molecule has 0 radical (unpaired) electrons. The van der Waals surface area contributed by atoms with Crippen LogP contribution in [0.15, 0.2) is 47.4 Å². The second kappa shape index (κ2) is 7.16. The summed E-state index contributed by atoms with van der Waals surface area (Å²) < 4.78 is 0.518. The van der Waals surface area contributed by atoms with Gasteiger partial charge in [-0.2, -0.15) is 0 Å². The van der Waals surface area contributed by atoms with E-state index in [1.807, 2.05) is 18.2 Å². The van der Waals surface area contributed by atoms with E-state index in [1.165, 1.54) is 41.3 Å². The van der Waals surface area contributed by atoms with Crippen LogP contribution in [-0.4, -0.2) is 10.2 Å². The Balaban J connectivity index is 1.76. The van der Waals surface area contributed by atoms with E-state index in [0.29, 0.717) is 9.23 Å². The number of nitrogens with one attached hydrogen (secondary N) is 1. The number of thioether (sulfide) groups is 1. The summed E-state index contributed by atoms with van der Waals surface area (Å²) in [6.07, 6.45) is 12.2. The van der Waals surface area contributed by atoms with Crippen molar-refractivity contribution in [2.75, 3.05) is 0 Å². The van der Waals surface area contributed by atoms with Crippen LogP contribution in [0.5, 0.6) is 0 Å². The summed E-state index contributed by atoms with van der Waals surface area (Å²) in [5.74, 6) is -0.117. The highest BCUT2D eigenvalue weighted by atomic mass is 32.2. The molecule has 1 amide bonds. The van der Waals surface area contributed by atoms with E-state index < -0.39 is 0 Å². The molecule has 1 heterocycles. The molecule has 1 aliphatic carbocycles. The third-order valence-electron chi connectivity index (χ3n) is 5.28. The summed E-state index contributed by atoms with van der Waals surface area (Å²) in [5.41, 5.74) is 4.63. The van der Waals surface area contributed by atoms with Crippen LogP contribution >= 0.6 is 24.0 Å². The minimum atomic E-state index is -0.117. The fraction of sp³-hybridized carbons (Fsp3) is 0.364. The van der Waals surface area contributed by atoms with Crippen molar-refractivity contribution in [1.82, 2.24) is 5.32 Å². The SMILES string of the molecule is CC1(C)CCC(C)(C)c2cc(/C=C/C=C/C=C3\SC(=S)NC3=O)ccc21. The van der Waals surface area contributed by atoms with Gasteiger partial charge in [-0.3, -0.25) is 4.79 Å². The van der Waals surface area contributed by atoms with Crippen LogP contribution in [-0.2, 0) is 15.6 Å². The maximum Gasteiger partial charge on any atom is 0.263 e. The largest absolute Gasteiger partial charge is 0.307 e. The average Bonchev–Trinajstić information content (AvgIpc) is 2.89. The van der Waals surface area contributed by atoms with Crippen molar-refractivity contribution >= 4 is 40.3 Å². The first-order valence-corrected chi connectivity index (χ1v) is 10.1. The van der Waals surface area contributed by atoms with E-state index in [9.17, 15) is 4.79 Å². The fourth-order valence-electron chi connectivity index (χ4n) is 3.52. The number of allylic oxidation sites excluding steroid dienone is 4. The molecule has 1 saturated heterocycles. The Bertz CT molecular complexity index is 844. The Morgan fingerprint density at radius 3 is 2.38 bits per heavy atom. The van der Waals surface area contributed by atoms with Gasteiger partial charge in [-0.25, -0.2) is 0 Å². The molecule has 1 aromatic rings. The molecule has 3 rings (SSSR count). The van der Waals surface area contributed by atoms with Crippen LogP contribution in [0.4, 0.5) is 0 Å². The van der Waals surface area contributed by atoms with Gasteiger partial charge in [-0.05, 0) is 46.4 Å². The highest BCUT2D eigenvalue weighted by Gasteiger charge is 2.36. The molecule has 0 bridgehead atoms. The van der Waals surface area contributed by atoms with Gasteiger partial charge in [0, 0.05) is 0 Å². The number of hydrogen-bond acceptors (Lipinski definition) is 3. The fourth-order valence-corrected chi connectivity index (χ4v) is 4.52. The van der Waals surface area contributed by atoms with Gasteiger partial charge in [0.1, 0.15) is 4.32 Å². The van der Waals surface area contributed by atoms with Crippen molar-refractivity contribution in [1.29, 1.82) is 0 Å². The number of carbonyl (C=O) groups is 1. The lowest BCUT2D eigenvalue weighted by atomic mass is 9.63. The van der Waals surface area contributed by atoms with Crippen LogP contribution < -0.4 is 5.32 Å². The Labute approximate surface area is 165 Å². The molecule has 26 heavy (non-hydrogen) atoms. The lowest BCUT2D eigenvalue weighted by Gasteiger charge is -2.42. The third-order valence-corrected chi connectivity index (χ3v) is 6.46. The summed E-state index contributed by atoms with van der Waals surface area (Å²) in [6.45, 7) is 9.37. The van der Waals surface area contributed by atoms with Gasteiger partial charge in [-0.1, -0.05) is 94.2 Å². The maximum absolute atomic E-state index is 11.6. The molecule has 2 aliphatic rings. The number of rotatable bonds is 3. The first-order valence-electron chi connectivity index (χ1n) is 8.92. The summed E-state index contributed by atoms with van der Waals surface area (Å²) in [7, 11) is 0. The minimum absolute atomic E-state index is 0.117.